The van der Waals surface area contributed by atoms with Crippen LogP contribution < -0.4 is 4.74 Å². The monoisotopic (exact) mass is 272 g/mol. The van der Waals surface area contributed by atoms with Crippen LogP contribution in [0.3, 0.4) is 0 Å². The van der Waals surface area contributed by atoms with Gasteiger partial charge in [0.15, 0.2) is 6.23 Å². The van der Waals surface area contributed by atoms with Gasteiger partial charge in [0, 0.05) is 12.8 Å². The van der Waals surface area contributed by atoms with Crippen molar-refractivity contribution in [3.8, 4) is 11.8 Å². The Morgan fingerprint density at radius 2 is 2.25 bits per heavy atom. The third-order valence-corrected chi connectivity index (χ3v) is 4.01. The molecular formula is C15H16N2O3. The minimum atomic E-state index is -0.303. The molecule has 20 heavy (non-hydrogen) atoms. The van der Waals surface area contributed by atoms with Crippen LogP contribution in [0.2, 0.25) is 0 Å². The summed E-state index contributed by atoms with van der Waals surface area (Å²) in [6.07, 6.45) is 2.34. The molecule has 0 radical (unpaired) electrons. The molecule has 1 saturated heterocycles. The molecule has 1 unspecified atom stereocenters. The number of aliphatic hydroxyl groups is 1. The first-order valence-corrected chi connectivity index (χ1v) is 6.84. The molecule has 0 bridgehead atoms. The quantitative estimate of drug-likeness (QED) is 0.877. The van der Waals surface area contributed by atoms with E-state index in [0.717, 1.165) is 17.7 Å². The maximum Gasteiger partial charge on any atom is 0.225 e. The van der Waals surface area contributed by atoms with Crippen molar-refractivity contribution in [1.29, 1.82) is 5.26 Å². The Bertz CT molecular complexity index is 579. The number of rotatable bonds is 2. The molecular weight excluding hydrogens is 256 g/mol. The van der Waals surface area contributed by atoms with Gasteiger partial charge in [0.1, 0.15) is 5.75 Å². The fraction of sp³-hybridized carbons (Fsp3) is 0.467. The van der Waals surface area contributed by atoms with Crippen LogP contribution in [0.15, 0.2) is 18.2 Å². The lowest BCUT2D eigenvalue weighted by Gasteiger charge is -2.35. The van der Waals surface area contributed by atoms with Crippen molar-refractivity contribution >= 4 is 5.91 Å². The molecule has 1 fully saturated rings. The van der Waals surface area contributed by atoms with Gasteiger partial charge in [0.25, 0.3) is 0 Å². The van der Waals surface area contributed by atoms with Crippen LogP contribution in [0, 0.1) is 11.3 Å². The third kappa shape index (κ3) is 2.12. The van der Waals surface area contributed by atoms with Gasteiger partial charge < -0.3 is 14.7 Å². The standard InChI is InChI=1S/C15H16N2O3/c16-8-10-1-4-13-11(7-10)2-6-15(20-13)17-12(9-18)3-5-14(17)19/h1,4,7,12,15,18H,2-3,5-6,9H2/t12-,15?/m0/s1. The minimum Gasteiger partial charge on any atom is -0.470 e. The van der Waals surface area contributed by atoms with Crippen molar-refractivity contribution in [2.75, 3.05) is 6.61 Å². The Morgan fingerprint density at radius 3 is 3.00 bits per heavy atom. The van der Waals surface area contributed by atoms with Gasteiger partial charge >= 0.3 is 0 Å². The number of carbonyl (C=O) groups is 1. The maximum atomic E-state index is 11.9. The van der Waals surface area contributed by atoms with E-state index in [0.29, 0.717) is 24.8 Å². The molecule has 3 rings (SSSR count). The number of aryl methyl sites for hydroxylation is 1. The second-order valence-corrected chi connectivity index (χ2v) is 5.22. The highest BCUT2D eigenvalue weighted by atomic mass is 16.5. The molecule has 5 heteroatoms. The highest BCUT2D eigenvalue weighted by Gasteiger charge is 2.38. The van der Waals surface area contributed by atoms with Crippen LogP contribution in [0.25, 0.3) is 0 Å². The highest BCUT2D eigenvalue weighted by Crippen LogP contribution is 2.32. The molecule has 0 saturated carbocycles. The molecule has 2 heterocycles. The van der Waals surface area contributed by atoms with E-state index in [9.17, 15) is 9.90 Å². The zero-order valence-corrected chi connectivity index (χ0v) is 11.1. The van der Waals surface area contributed by atoms with E-state index in [1.54, 1.807) is 17.0 Å². The van der Waals surface area contributed by atoms with Gasteiger partial charge in [-0.15, -0.1) is 0 Å². The second kappa shape index (κ2) is 5.14. The number of hydrogen-bond acceptors (Lipinski definition) is 4. The molecule has 104 valence electrons. The van der Waals surface area contributed by atoms with Crippen LogP contribution in [0.4, 0.5) is 0 Å². The first kappa shape index (κ1) is 12.9. The summed E-state index contributed by atoms with van der Waals surface area (Å²) in [6.45, 7) is -0.0220. The zero-order chi connectivity index (χ0) is 14.1. The predicted molar refractivity (Wildman–Crippen MR) is 70.8 cm³/mol. The van der Waals surface area contributed by atoms with E-state index in [-0.39, 0.29) is 24.8 Å². The first-order valence-electron chi connectivity index (χ1n) is 6.84. The molecule has 1 N–H and O–H groups in total. The summed E-state index contributed by atoms with van der Waals surface area (Å²) in [5.74, 6) is 0.780. The van der Waals surface area contributed by atoms with Crippen molar-refractivity contribution in [3.63, 3.8) is 0 Å². The number of fused-ring (bicyclic) bond motifs is 1. The number of nitriles is 1. The summed E-state index contributed by atoms with van der Waals surface area (Å²) < 4.78 is 5.90. The molecule has 2 aliphatic heterocycles. The number of aliphatic hydroxyl groups excluding tert-OH is 1. The normalized spacial score (nSPS) is 25.0. The average molecular weight is 272 g/mol. The fourth-order valence-corrected chi connectivity index (χ4v) is 2.98. The van der Waals surface area contributed by atoms with Crippen LogP contribution in [0.5, 0.6) is 5.75 Å². The summed E-state index contributed by atoms with van der Waals surface area (Å²) in [6, 6.07) is 7.32. The SMILES string of the molecule is N#Cc1ccc2c(c1)CCC(N1C(=O)CC[C@H]1CO)O2. The Kier molecular flexibility index (Phi) is 3.33. The van der Waals surface area contributed by atoms with E-state index >= 15 is 0 Å². The molecule has 0 spiro atoms. The lowest BCUT2D eigenvalue weighted by atomic mass is 10.0. The number of hydrogen-bond donors (Lipinski definition) is 1. The van der Waals surface area contributed by atoms with E-state index in [1.807, 2.05) is 6.07 Å². The molecule has 5 nitrogen and oxygen atoms in total. The van der Waals surface area contributed by atoms with Gasteiger partial charge in [-0.3, -0.25) is 4.79 Å². The summed E-state index contributed by atoms with van der Waals surface area (Å²) in [7, 11) is 0. The number of nitrogens with zero attached hydrogens (tertiary/aromatic N) is 2. The average Bonchev–Trinajstić information content (AvgIpc) is 2.87. The highest BCUT2D eigenvalue weighted by molar-refractivity contribution is 5.79. The maximum absolute atomic E-state index is 11.9. The summed E-state index contributed by atoms with van der Waals surface area (Å²) in [4.78, 5) is 13.6. The van der Waals surface area contributed by atoms with Crippen LogP contribution in [0.1, 0.15) is 30.4 Å². The summed E-state index contributed by atoms with van der Waals surface area (Å²) >= 11 is 0. The fourth-order valence-electron chi connectivity index (χ4n) is 2.98. The molecule has 2 aliphatic rings. The van der Waals surface area contributed by atoms with Crippen molar-refractivity contribution in [1.82, 2.24) is 4.90 Å². The lowest BCUT2D eigenvalue weighted by Crippen LogP contribution is -2.48. The van der Waals surface area contributed by atoms with Crippen molar-refractivity contribution in [2.24, 2.45) is 0 Å². The zero-order valence-electron chi connectivity index (χ0n) is 11.1. The van der Waals surface area contributed by atoms with Gasteiger partial charge in [0.2, 0.25) is 5.91 Å². The topological polar surface area (TPSA) is 73.6 Å². The molecule has 1 aromatic rings. The van der Waals surface area contributed by atoms with Crippen molar-refractivity contribution < 1.29 is 14.6 Å². The van der Waals surface area contributed by atoms with E-state index in [1.165, 1.54) is 0 Å². The number of benzene rings is 1. The van der Waals surface area contributed by atoms with Crippen molar-refractivity contribution in [3.05, 3.63) is 29.3 Å². The summed E-state index contributed by atoms with van der Waals surface area (Å²) in [5, 5.41) is 18.3. The third-order valence-electron chi connectivity index (χ3n) is 4.01. The summed E-state index contributed by atoms with van der Waals surface area (Å²) in [5.41, 5.74) is 1.63. The predicted octanol–water partition coefficient (Wildman–Crippen LogP) is 1.19. The molecule has 0 aromatic heterocycles. The van der Waals surface area contributed by atoms with Gasteiger partial charge in [-0.25, -0.2) is 0 Å². The largest absolute Gasteiger partial charge is 0.470 e. The van der Waals surface area contributed by atoms with Crippen LogP contribution in [-0.4, -0.2) is 34.8 Å². The van der Waals surface area contributed by atoms with Gasteiger partial charge in [-0.2, -0.15) is 5.26 Å². The van der Waals surface area contributed by atoms with E-state index < -0.39 is 0 Å². The Labute approximate surface area is 117 Å². The first-order chi connectivity index (χ1) is 9.72. The van der Waals surface area contributed by atoms with Gasteiger partial charge in [-0.05, 0) is 36.6 Å². The molecule has 1 amide bonds. The second-order valence-electron chi connectivity index (χ2n) is 5.22. The Balaban J connectivity index is 1.82. The van der Waals surface area contributed by atoms with Crippen LogP contribution >= 0.6 is 0 Å². The Morgan fingerprint density at radius 1 is 1.40 bits per heavy atom. The van der Waals surface area contributed by atoms with E-state index in [2.05, 4.69) is 6.07 Å². The minimum absolute atomic E-state index is 0.0220. The molecule has 1 aromatic carbocycles. The molecule has 0 aliphatic carbocycles. The number of amides is 1. The van der Waals surface area contributed by atoms with Crippen LogP contribution in [-0.2, 0) is 11.2 Å². The smallest absolute Gasteiger partial charge is 0.225 e. The van der Waals surface area contributed by atoms with Gasteiger partial charge in [-0.1, -0.05) is 0 Å². The number of ether oxygens (including phenoxy) is 1. The number of carbonyl (C=O) groups excluding carboxylic acids is 1. The Hall–Kier alpha value is -2.06. The lowest BCUT2D eigenvalue weighted by molar-refractivity contribution is -0.139. The van der Waals surface area contributed by atoms with Gasteiger partial charge in [0.05, 0.1) is 24.3 Å². The van der Waals surface area contributed by atoms with E-state index in [4.69, 9.17) is 10.00 Å². The molecule has 2 atom stereocenters. The van der Waals surface area contributed by atoms with Crippen molar-refractivity contribution in [2.45, 2.75) is 38.0 Å². The number of likely N-dealkylation sites (tertiary alicyclic amines) is 1.